The summed E-state index contributed by atoms with van der Waals surface area (Å²) in [6.45, 7) is 0. The lowest BCUT2D eigenvalue weighted by Gasteiger charge is -2.13. The standard InChI is InChI=1S/C18H20N2O/c19-13-5-9-15-7-1-3-11-17(15)21-18-12-4-2-8-16(18)10-6-14-20/h1-8,11-14H,9-10,19-20H2. The summed E-state index contributed by atoms with van der Waals surface area (Å²) in [7, 11) is 0. The summed E-state index contributed by atoms with van der Waals surface area (Å²) in [5.41, 5.74) is 13.0. The molecule has 0 bridgehead atoms. The lowest BCUT2D eigenvalue weighted by atomic mass is 10.1. The Morgan fingerprint density at radius 1 is 0.714 bits per heavy atom. The molecular formula is C18H20N2O. The molecule has 0 saturated heterocycles. The van der Waals surface area contributed by atoms with Gasteiger partial charge < -0.3 is 16.2 Å². The van der Waals surface area contributed by atoms with Crippen molar-refractivity contribution in [1.29, 1.82) is 0 Å². The highest BCUT2D eigenvalue weighted by Gasteiger charge is 2.06. The van der Waals surface area contributed by atoms with Gasteiger partial charge in [-0.3, -0.25) is 0 Å². The van der Waals surface area contributed by atoms with E-state index < -0.39 is 0 Å². The fourth-order valence-electron chi connectivity index (χ4n) is 2.05. The molecule has 0 aromatic heterocycles. The third-order valence-electron chi connectivity index (χ3n) is 3.11. The van der Waals surface area contributed by atoms with E-state index in [2.05, 4.69) is 0 Å². The second kappa shape index (κ2) is 7.80. The van der Waals surface area contributed by atoms with E-state index in [9.17, 15) is 0 Å². The van der Waals surface area contributed by atoms with Crippen molar-refractivity contribution in [3.05, 3.63) is 84.2 Å². The summed E-state index contributed by atoms with van der Waals surface area (Å²) in [5, 5.41) is 0. The molecular weight excluding hydrogens is 260 g/mol. The molecule has 0 heterocycles. The molecule has 2 aromatic rings. The minimum absolute atomic E-state index is 0.748. The molecule has 0 saturated carbocycles. The average molecular weight is 280 g/mol. The van der Waals surface area contributed by atoms with Crippen LogP contribution in [0.1, 0.15) is 11.1 Å². The van der Waals surface area contributed by atoms with E-state index in [4.69, 9.17) is 16.2 Å². The molecule has 0 aliphatic carbocycles. The van der Waals surface area contributed by atoms with Gasteiger partial charge in [-0.1, -0.05) is 48.6 Å². The Kier molecular flexibility index (Phi) is 5.47. The molecule has 3 nitrogen and oxygen atoms in total. The van der Waals surface area contributed by atoms with Gasteiger partial charge in [-0.25, -0.2) is 0 Å². The van der Waals surface area contributed by atoms with Crippen LogP contribution in [0.3, 0.4) is 0 Å². The van der Waals surface area contributed by atoms with Crippen LogP contribution in [0.5, 0.6) is 11.5 Å². The first-order chi connectivity index (χ1) is 10.3. The minimum atomic E-state index is 0.748. The summed E-state index contributed by atoms with van der Waals surface area (Å²) in [6.07, 6.45) is 8.42. The monoisotopic (exact) mass is 280 g/mol. The molecule has 21 heavy (non-hydrogen) atoms. The van der Waals surface area contributed by atoms with E-state index in [1.807, 2.05) is 60.7 Å². The van der Waals surface area contributed by atoms with E-state index in [0.717, 1.165) is 35.5 Å². The zero-order valence-corrected chi connectivity index (χ0v) is 11.9. The minimum Gasteiger partial charge on any atom is -0.457 e. The number of allylic oxidation sites excluding steroid dienone is 2. The van der Waals surface area contributed by atoms with E-state index in [1.54, 1.807) is 12.4 Å². The Morgan fingerprint density at radius 3 is 1.57 bits per heavy atom. The van der Waals surface area contributed by atoms with Gasteiger partial charge in [-0.15, -0.1) is 0 Å². The van der Waals surface area contributed by atoms with Crippen LogP contribution in [0.2, 0.25) is 0 Å². The Balaban J connectivity index is 2.26. The second-order valence-corrected chi connectivity index (χ2v) is 4.58. The first-order valence-corrected chi connectivity index (χ1v) is 6.92. The van der Waals surface area contributed by atoms with E-state index in [1.165, 1.54) is 0 Å². The normalized spacial score (nSPS) is 11.2. The molecule has 3 heteroatoms. The van der Waals surface area contributed by atoms with Gasteiger partial charge >= 0.3 is 0 Å². The van der Waals surface area contributed by atoms with Crippen molar-refractivity contribution in [3.8, 4) is 11.5 Å². The summed E-state index contributed by atoms with van der Waals surface area (Å²) < 4.78 is 6.09. The number of rotatable bonds is 6. The third kappa shape index (κ3) is 4.14. The summed E-state index contributed by atoms with van der Waals surface area (Å²) in [5.74, 6) is 1.69. The molecule has 108 valence electrons. The molecule has 2 rings (SSSR count). The fourth-order valence-corrected chi connectivity index (χ4v) is 2.05. The molecule has 0 spiro atoms. The quantitative estimate of drug-likeness (QED) is 0.851. The van der Waals surface area contributed by atoms with Gasteiger partial charge in [-0.05, 0) is 48.5 Å². The maximum Gasteiger partial charge on any atom is 0.130 e. The zero-order valence-electron chi connectivity index (χ0n) is 11.9. The van der Waals surface area contributed by atoms with Crippen LogP contribution in [0.25, 0.3) is 0 Å². The van der Waals surface area contributed by atoms with Crippen molar-refractivity contribution in [3.63, 3.8) is 0 Å². The molecule has 0 radical (unpaired) electrons. The van der Waals surface area contributed by atoms with Gasteiger partial charge in [0.1, 0.15) is 11.5 Å². The van der Waals surface area contributed by atoms with Crippen molar-refractivity contribution in [2.75, 3.05) is 0 Å². The highest BCUT2D eigenvalue weighted by molar-refractivity contribution is 5.42. The SMILES string of the molecule is NC=CCc1ccccc1Oc1ccccc1CC=CN. The van der Waals surface area contributed by atoms with Crippen LogP contribution >= 0.6 is 0 Å². The number of hydrogen-bond donors (Lipinski definition) is 2. The van der Waals surface area contributed by atoms with Gasteiger partial charge in [0.2, 0.25) is 0 Å². The largest absolute Gasteiger partial charge is 0.457 e. The van der Waals surface area contributed by atoms with Crippen LogP contribution in [0.4, 0.5) is 0 Å². The number of nitrogens with two attached hydrogens (primary N) is 2. The predicted octanol–water partition coefficient (Wildman–Crippen LogP) is 3.51. The van der Waals surface area contributed by atoms with Gasteiger partial charge in [0.25, 0.3) is 0 Å². The van der Waals surface area contributed by atoms with Crippen molar-refractivity contribution >= 4 is 0 Å². The van der Waals surface area contributed by atoms with Gasteiger partial charge in [0.05, 0.1) is 0 Å². The average Bonchev–Trinajstić information content (AvgIpc) is 2.53. The lowest BCUT2D eigenvalue weighted by molar-refractivity contribution is 0.472. The van der Waals surface area contributed by atoms with Crippen molar-refractivity contribution in [2.45, 2.75) is 12.8 Å². The van der Waals surface area contributed by atoms with Crippen LogP contribution in [0.15, 0.2) is 73.1 Å². The summed E-state index contributed by atoms with van der Waals surface area (Å²) in [6, 6.07) is 15.9. The molecule has 0 unspecified atom stereocenters. The number of para-hydroxylation sites is 2. The lowest BCUT2D eigenvalue weighted by Crippen LogP contribution is -1.94. The van der Waals surface area contributed by atoms with Crippen molar-refractivity contribution in [2.24, 2.45) is 11.5 Å². The number of benzene rings is 2. The molecule has 0 amide bonds. The second-order valence-electron chi connectivity index (χ2n) is 4.58. The topological polar surface area (TPSA) is 61.3 Å². The van der Waals surface area contributed by atoms with Gasteiger partial charge in [-0.2, -0.15) is 0 Å². The van der Waals surface area contributed by atoms with E-state index in [0.29, 0.717) is 0 Å². The number of ether oxygens (including phenoxy) is 1. The maximum absolute atomic E-state index is 6.09. The Hall–Kier alpha value is -2.68. The van der Waals surface area contributed by atoms with Crippen LogP contribution in [0, 0.1) is 0 Å². The van der Waals surface area contributed by atoms with Crippen LogP contribution < -0.4 is 16.2 Å². The highest BCUT2D eigenvalue weighted by Crippen LogP contribution is 2.28. The van der Waals surface area contributed by atoms with Crippen LogP contribution in [-0.2, 0) is 12.8 Å². The van der Waals surface area contributed by atoms with Crippen molar-refractivity contribution in [1.82, 2.24) is 0 Å². The molecule has 4 N–H and O–H groups in total. The molecule has 0 aliphatic heterocycles. The van der Waals surface area contributed by atoms with E-state index in [-0.39, 0.29) is 0 Å². The Morgan fingerprint density at radius 2 is 1.14 bits per heavy atom. The smallest absolute Gasteiger partial charge is 0.130 e. The summed E-state index contributed by atoms with van der Waals surface area (Å²) >= 11 is 0. The predicted molar refractivity (Wildman–Crippen MR) is 87.0 cm³/mol. The molecule has 0 fully saturated rings. The van der Waals surface area contributed by atoms with Crippen molar-refractivity contribution < 1.29 is 4.74 Å². The Labute approximate surface area is 125 Å². The fraction of sp³-hybridized carbons (Fsp3) is 0.111. The van der Waals surface area contributed by atoms with Crippen LogP contribution in [-0.4, -0.2) is 0 Å². The third-order valence-corrected chi connectivity index (χ3v) is 3.11. The molecule has 0 atom stereocenters. The maximum atomic E-state index is 6.09. The van der Waals surface area contributed by atoms with Gasteiger partial charge in [0, 0.05) is 0 Å². The first kappa shape index (κ1) is 14.7. The highest BCUT2D eigenvalue weighted by atomic mass is 16.5. The van der Waals surface area contributed by atoms with E-state index >= 15 is 0 Å². The summed E-state index contributed by atoms with van der Waals surface area (Å²) in [4.78, 5) is 0. The first-order valence-electron chi connectivity index (χ1n) is 6.92. The zero-order chi connectivity index (χ0) is 14.9. The van der Waals surface area contributed by atoms with Gasteiger partial charge in [0.15, 0.2) is 0 Å². The molecule has 0 aliphatic rings. The number of hydrogen-bond acceptors (Lipinski definition) is 3. The molecule has 2 aromatic carbocycles. The Bertz CT molecular complexity index is 577.